The van der Waals surface area contributed by atoms with Gasteiger partial charge in [-0.3, -0.25) is 19.3 Å². The van der Waals surface area contributed by atoms with Crippen LogP contribution in [0, 0.1) is 18.3 Å². The molecule has 3 atom stereocenters. The summed E-state index contributed by atoms with van der Waals surface area (Å²) in [6.45, 7) is 14.8. The van der Waals surface area contributed by atoms with E-state index in [1.54, 1.807) is 11.3 Å². The summed E-state index contributed by atoms with van der Waals surface area (Å²) in [5.74, 6) is -1.58. The Hall–Kier alpha value is -3.03. The number of nitrogens with one attached hydrogen (secondary N) is 1. The zero-order chi connectivity index (χ0) is 33.3. The van der Waals surface area contributed by atoms with Crippen molar-refractivity contribution in [1.82, 2.24) is 25.0 Å². The highest BCUT2D eigenvalue weighted by Crippen LogP contribution is 2.30. The highest BCUT2D eigenvalue weighted by molar-refractivity contribution is 7.13. The largest absolute Gasteiger partial charge is 0.391 e. The van der Waals surface area contributed by atoms with Crippen LogP contribution in [0.4, 0.5) is 0 Å². The predicted molar refractivity (Wildman–Crippen MR) is 182 cm³/mol. The molecule has 2 aliphatic heterocycles. The summed E-state index contributed by atoms with van der Waals surface area (Å²) in [5.41, 5.74) is 9.93. The van der Waals surface area contributed by atoms with E-state index in [0.717, 1.165) is 73.8 Å². The maximum atomic E-state index is 13.8. The second-order valence-corrected chi connectivity index (χ2v) is 14.4. The number of rotatable bonds is 13. The third-order valence-electron chi connectivity index (χ3n) is 8.89. The molecule has 1 unspecified atom stereocenters. The summed E-state index contributed by atoms with van der Waals surface area (Å²) in [4.78, 5) is 55.7. The molecule has 2 aromatic rings. The normalized spacial score (nSPS) is 20.3. The maximum Gasteiger partial charge on any atom is 0.245 e. The van der Waals surface area contributed by atoms with Crippen LogP contribution in [0.25, 0.3) is 10.4 Å². The molecule has 11 nitrogen and oxygen atoms in total. The molecule has 46 heavy (non-hydrogen) atoms. The van der Waals surface area contributed by atoms with Crippen molar-refractivity contribution in [2.45, 2.75) is 72.1 Å². The number of thiazole rings is 1. The number of piperazine rings is 1. The number of aryl methyl sites for hydroxylation is 1. The first-order chi connectivity index (χ1) is 22.0. The number of aromatic nitrogens is 1. The summed E-state index contributed by atoms with van der Waals surface area (Å²) in [6.07, 6.45) is 2.79. The van der Waals surface area contributed by atoms with Crippen molar-refractivity contribution in [1.29, 1.82) is 0 Å². The smallest absolute Gasteiger partial charge is 0.245 e. The Balaban J connectivity index is 1.28. The van der Waals surface area contributed by atoms with E-state index in [1.807, 2.05) is 57.5 Å². The van der Waals surface area contributed by atoms with Gasteiger partial charge in [0.15, 0.2) is 0 Å². The van der Waals surface area contributed by atoms with Gasteiger partial charge in [0.25, 0.3) is 0 Å². The lowest BCUT2D eigenvalue weighted by atomic mass is 9.80. The number of carbonyl (C=O) groups excluding carboxylic acids is 3. The molecule has 0 saturated carbocycles. The monoisotopic (exact) mass is 653 g/mol. The number of benzene rings is 1. The molecular weight excluding hydrogens is 602 g/mol. The molecule has 2 fully saturated rings. The van der Waals surface area contributed by atoms with Crippen LogP contribution in [-0.4, -0.2) is 113 Å². The first kappa shape index (κ1) is 35.8. The summed E-state index contributed by atoms with van der Waals surface area (Å²) < 4.78 is 0. The number of hydrogen-bond donors (Lipinski definition) is 3. The molecule has 2 saturated heterocycles. The Labute approximate surface area is 277 Å². The number of aliphatic imine (C=N–C) groups is 1. The Kier molecular flexibility index (Phi) is 13.0. The summed E-state index contributed by atoms with van der Waals surface area (Å²) in [6, 6.07) is 7.16. The number of hydrogen-bond acceptors (Lipinski definition) is 9. The molecule has 0 aliphatic carbocycles. The van der Waals surface area contributed by atoms with Crippen molar-refractivity contribution in [3.05, 3.63) is 41.0 Å². The third kappa shape index (κ3) is 9.98. The number of unbranched alkanes of at least 4 members (excludes halogenated alkanes) is 1. The fourth-order valence-electron chi connectivity index (χ4n) is 6.06. The van der Waals surface area contributed by atoms with Crippen LogP contribution in [0.1, 0.15) is 57.7 Å². The number of likely N-dealkylation sites (tertiary alicyclic amines) is 1. The molecule has 0 bridgehead atoms. The van der Waals surface area contributed by atoms with E-state index in [0.29, 0.717) is 19.5 Å². The first-order valence-electron chi connectivity index (χ1n) is 16.4. The number of nitrogens with two attached hydrogens (primary N) is 1. The van der Waals surface area contributed by atoms with E-state index < -0.39 is 23.5 Å². The zero-order valence-corrected chi connectivity index (χ0v) is 28.6. The van der Waals surface area contributed by atoms with E-state index >= 15 is 0 Å². The Morgan fingerprint density at radius 3 is 2.39 bits per heavy atom. The quantitative estimate of drug-likeness (QED) is 0.221. The molecule has 12 heteroatoms. The molecular formula is C34H51N7O4S. The minimum Gasteiger partial charge on any atom is -0.391 e. The van der Waals surface area contributed by atoms with Crippen LogP contribution in [-0.2, 0) is 20.9 Å². The van der Waals surface area contributed by atoms with Gasteiger partial charge in [0.05, 0.1) is 28.1 Å². The van der Waals surface area contributed by atoms with E-state index in [4.69, 9.17) is 5.73 Å². The molecule has 3 amide bonds. The molecule has 2 aliphatic rings. The second kappa shape index (κ2) is 16.7. The van der Waals surface area contributed by atoms with Crippen LogP contribution in [0.2, 0.25) is 0 Å². The average Bonchev–Trinajstić information content (AvgIpc) is 3.64. The molecule has 4 rings (SSSR count). The topological polar surface area (TPSA) is 144 Å². The minimum atomic E-state index is -0.801. The van der Waals surface area contributed by atoms with Gasteiger partial charge in [0.1, 0.15) is 6.04 Å². The maximum absolute atomic E-state index is 13.8. The molecule has 4 N–H and O–H groups in total. The Bertz CT molecular complexity index is 1330. The van der Waals surface area contributed by atoms with Crippen molar-refractivity contribution >= 4 is 35.3 Å². The van der Waals surface area contributed by atoms with Gasteiger partial charge in [-0.05, 0) is 42.9 Å². The van der Waals surface area contributed by atoms with Gasteiger partial charge in [-0.1, -0.05) is 45.0 Å². The predicted octanol–water partition coefficient (Wildman–Crippen LogP) is 2.70. The molecule has 3 heterocycles. The molecule has 0 radical (unpaired) electrons. The van der Waals surface area contributed by atoms with Crippen molar-refractivity contribution in [3.8, 4) is 10.4 Å². The van der Waals surface area contributed by atoms with Crippen LogP contribution < -0.4 is 11.1 Å². The van der Waals surface area contributed by atoms with Gasteiger partial charge in [-0.15, -0.1) is 11.3 Å². The van der Waals surface area contributed by atoms with Crippen LogP contribution in [0.5, 0.6) is 0 Å². The molecule has 1 aromatic carbocycles. The summed E-state index contributed by atoms with van der Waals surface area (Å²) in [7, 11) is 0. The van der Waals surface area contributed by atoms with Gasteiger partial charge in [0.2, 0.25) is 17.7 Å². The minimum absolute atomic E-state index is 0.0642. The van der Waals surface area contributed by atoms with E-state index in [-0.39, 0.29) is 30.7 Å². The second-order valence-electron chi connectivity index (χ2n) is 13.5. The Morgan fingerprint density at radius 2 is 1.78 bits per heavy atom. The van der Waals surface area contributed by atoms with E-state index in [1.165, 1.54) is 11.1 Å². The number of nitrogens with zero attached hydrogens (tertiary/aromatic N) is 5. The fraction of sp³-hybridized carbons (Fsp3) is 0.618. The number of amides is 3. The lowest BCUT2D eigenvalue weighted by molar-refractivity contribution is -0.142. The van der Waals surface area contributed by atoms with Crippen LogP contribution >= 0.6 is 11.3 Å². The van der Waals surface area contributed by atoms with Gasteiger partial charge in [0, 0.05) is 71.4 Å². The van der Waals surface area contributed by atoms with E-state index in [2.05, 4.69) is 25.1 Å². The standard InChI is InChI=1S/C34H51N7O4S/c1-24-31(46-23-38-24)26-10-8-25(9-11-26)20-37-32(44)29-19-27(42)22-41(29)33(45)28(34(2,3)4)21-36-30(43)7-5-6-13-39-15-17-40(14-12-35)18-16-39/h8-11,21,23,27-29,42H,5-7,12-20,22,35H2,1-4H3,(H,37,44)/t27-,28?,29+/m1/s1. The van der Waals surface area contributed by atoms with Crippen LogP contribution in [0.15, 0.2) is 34.8 Å². The molecule has 252 valence electrons. The summed E-state index contributed by atoms with van der Waals surface area (Å²) in [5, 5.41) is 13.4. The lowest BCUT2D eigenvalue weighted by Crippen LogP contribution is -2.50. The highest BCUT2D eigenvalue weighted by atomic mass is 32.1. The highest BCUT2D eigenvalue weighted by Gasteiger charge is 2.43. The number of carbonyl (C=O) groups is 3. The fourth-order valence-corrected chi connectivity index (χ4v) is 6.87. The van der Waals surface area contributed by atoms with E-state index in [9.17, 15) is 19.5 Å². The molecule has 0 spiro atoms. The number of β-amino-alcohol motifs (C(OH)–C–C–N with tert-alkyl or cyclic N) is 1. The van der Waals surface area contributed by atoms with Crippen molar-refractivity contribution in [3.63, 3.8) is 0 Å². The van der Waals surface area contributed by atoms with Gasteiger partial charge in [-0.25, -0.2) is 9.98 Å². The van der Waals surface area contributed by atoms with Gasteiger partial charge >= 0.3 is 0 Å². The van der Waals surface area contributed by atoms with Crippen molar-refractivity contribution < 1.29 is 19.5 Å². The third-order valence-corrected chi connectivity index (χ3v) is 9.86. The zero-order valence-electron chi connectivity index (χ0n) is 27.8. The first-order valence-corrected chi connectivity index (χ1v) is 17.3. The summed E-state index contributed by atoms with van der Waals surface area (Å²) >= 11 is 1.59. The van der Waals surface area contributed by atoms with Gasteiger partial charge in [-0.2, -0.15) is 0 Å². The lowest BCUT2D eigenvalue weighted by Gasteiger charge is -2.34. The Morgan fingerprint density at radius 1 is 1.11 bits per heavy atom. The average molecular weight is 654 g/mol. The van der Waals surface area contributed by atoms with Crippen molar-refractivity contribution in [2.24, 2.45) is 22.1 Å². The number of aliphatic hydroxyl groups is 1. The number of aliphatic hydroxyl groups excluding tert-OH is 1. The SMILES string of the molecule is Cc1ncsc1-c1ccc(CNC(=O)[C@@H]2C[C@@H](O)CN2C(=O)C(C=NC(=O)CCCCN2CCN(CCN)CC2)C(C)(C)C)cc1. The molecule has 1 aromatic heterocycles. The van der Waals surface area contributed by atoms with Gasteiger partial charge < -0.3 is 26.0 Å². The van der Waals surface area contributed by atoms with Crippen LogP contribution in [0.3, 0.4) is 0 Å². The van der Waals surface area contributed by atoms with Crippen molar-refractivity contribution in [2.75, 3.05) is 52.4 Å².